The molecule has 7 rings (SSSR count). The maximum Gasteiger partial charge on any atom is 0.328 e. The number of benzene rings is 2. The zero-order valence-electron chi connectivity index (χ0n) is 23.9. The molecule has 4 amide bonds. The van der Waals surface area contributed by atoms with Gasteiger partial charge in [0.05, 0.1) is 17.5 Å². The summed E-state index contributed by atoms with van der Waals surface area (Å²) in [6.45, 7) is 7.71. The molecule has 2 aliphatic carbocycles. The van der Waals surface area contributed by atoms with Gasteiger partial charge in [-0.25, -0.2) is 9.79 Å². The van der Waals surface area contributed by atoms with Crippen LogP contribution in [0.1, 0.15) is 54.5 Å². The van der Waals surface area contributed by atoms with E-state index in [-0.39, 0.29) is 30.4 Å². The van der Waals surface area contributed by atoms with E-state index in [1.807, 2.05) is 44.3 Å². The van der Waals surface area contributed by atoms with Crippen molar-refractivity contribution in [3.8, 4) is 0 Å². The second kappa shape index (κ2) is 9.48. The predicted octanol–water partition coefficient (Wildman–Crippen LogP) is 4.95. The third kappa shape index (κ3) is 3.77. The fourth-order valence-corrected chi connectivity index (χ4v) is 7.39. The van der Waals surface area contributed by atoms with Crippen LogP contribution in [-0.4, -0.2) is 44.9 Å². The number of fused-ring (bicyclic) bond motifs is 4. The van der Waals surface area contributed by atoms with Gasteiger partial charge in [-0.3, -0.25) is 19.5 Å². The van der Waals surface area contributed by atoms with E-state index < -0.39 is 11.0 Å². The quantitative estimate of drug-likeness (QED) is 0.354. The van der Waals surface area contributed by atoms with Crippen LogP contribution in [0.3, 0.4) is 0 Å². The van der Waals surface area contributed by atoms with Crippen LogP contribution >= 0.6 is 0 Å². The van der Waals surface area contributed by atoms with Crippen LogP contribution in [0.4, 0.5) is 4.79 Å². The van der Waals surface area contributed by atoms with Gasteiger partial charge in [-0.2, -0.15) is 0 Å². The van der Waals surface area contributed by atoms with E-state index in [0.29, 0.717) is 25.1 Å². The standard InChI is InChI=1S/C34H33N5O3/c1-4-12-35-29-18-33(30(40)37-29)16-25-14-24-13-22(19-36-28(24)15-26(25)17-33)20-38-32(42)39(21(2)3)31(41)34(38)11-7-9-23-8-5-6-10-27(23)34/h4-6,8,10,12-15,18-19,21H,1,7,9,11,16-17,20H2,2-3H3,(H,37,40)/b35-12-/t33-,34?/m0/s1. The van der Waals surface area contributed by atoms with Gasteiger partial charge in [0.1, 0.15) is 11.4 Å². The number of amides is 4. The van der Waals surface area contributed by atoms with Crippen molar-refractivity contribution in [2.75, 3.05) is 0 Å². The number of carbonyl (C=O) groups is 3. The topological polar surface area (TPSA) is 95.0 Å². The zero-order chi connectivity index (χ0) is 29.2. The minimum absolute atomic E-state index is 0.0439. The molecule has 1 aromatic heterocycles. The van der Waals surface area contributed by atoms with E-state index in [0.717, 1.165) is 51.6 Å². The maximum atomic E-state index is 14.1. The fourth-order valence-electron chi connectivity index (χ4n) is 7.39. The lowest BCUT2D eigenvalue weighted by atomic mass is 9.75. The Bertz CT molecular complexity index is 1760. The smallest absolute Gasteiger partial charge is 0.310 e. The van der Waals surface area contributed by atoms with Crippen molar-refractivity contribution >= 4 is 35.0 Å². The number of hydrogen-bond donors (Lipinski definition) is 1. The largest absolute Gasteiger partial charge is 0.328 e. The van der Waals surface area contributed by atoms with E-state index >= 15 is 0 Å². The second-order valence-electron chi connectivity index (χ2n) is 12.2. The number of hydrogen-bond acceptors (Lipinski definition) is 5. The van der Waals surface area contributed by atoms with Gasteiger partial charge in [-0.15, -0.1) is 0 Å². The molecule has 212 valence electrons. The van der Waals surface area contributed by atoms with Crippen LogP contribution in [0.15, 0.2) is 78.2 Å². The summed E-state index contributed by atoms with van der Waals surface area (Å²) in [5.74, 6) is 0.375. The lowest BCUT2D eigenvalue weighted by Crippen LogP contribution is -2.49. The van der Waals surface area contributed by atoms with Crippen LogP contribution in [0, 0.1) is 5.41 Å². The molecule has 2 aromatic carbocycles. The summed E-state index contributed by atoms with van der Waals surface area (Å²) in [4.78, 5) is 53.2. The highest BCUT2D eigenvalue weighted by Crippen LogP contribution is 2.47. The number of aliphatic imine (C=N–C) groups is 1. The number of nitrogens with zero attached hydrogens (tertiary/aromatic N) is 4. The van der Waals surface area contributed by atoms with Crippen molar-refractivity contribution in [2.45, 2.75) is 64.1 Å². The van der Waals surface area contributed by atoms with Gasteiger partial charge in [0.25, 0.3) is 5.91 Å². The van der Waals surface area contributed by atoms with Crippen molar-refractivity contribution in [1.29, 1.82) is 0 Å². The first kappa shape index (κ1) is 26.3. The molecular weight excluding hydrogens is 526 g/mol. The number of urea groups is 1. The average Bonchev–Trinajstić information content (AvgIpc) is 3.55. The number of pyridine rings is 1. The highest BCUT2D eigenvalue weighted by molar-refractivity contribution is 6.08. The van der Waals surface area contributed by atoms with E-state index in [2.05, 4.69) is 41.2 Å². The summed E-state index contributed by atoms with van der Waals surface area (Å²) in [6, 6.07) is 13.8. The first-order chi connectivity index (χ1) is 20.3. The maximum absolute atomic E-state index is 14.1. The Kier molecular flexibility index (Phi) is 5.94. The Balaban J connectivity index is 1.24. The molecular formula is C34H33N5O3. The summed E-state index contributed by atoms with van der Waals surface area (Å²) in [5, 5.41) is 3.84. The first-order valence-corrected chi connectivity index (χ1v) is 14.6. The number of allylic oxidation sites excluding steroid dienone is 1. The van der Waals surface area contributed by atoms with Gasteiger partial charge in [0, 0.05) is 23.8 Å². The van der Waals surface area contributed by atoms with Crippen LogP contribution in [0.5, 0.6) is 0 Å². The SMILES string of the molecule is C=C/C=N\C1=C[C@@]2(Cc3cc4cc(CN5C(=O)N(C(C)C)C(=O)C56CCCc5ccccc56)cnc4cc3C2)C(=O)N1. The van der Waals surface area contributed by atoms with E-state index in [1.165, 1.54) is 4.90 Å². The number of nitrogens with one attached hydrogen (secondary N) is 1. The van der Waals surface area contributed by atoms with Crippen molar-refractivity contribution in [1.82, 2.24) is 20.1 Å². The molecule has 0 radical (unpaired) electrons. The second-order valence-corrected chi connectivity index (χ2v) is 12.2. The Labute approximate surface area is 244 Å². The fraction of sp³-hybridized carbons (Fsp3) is 0.324. The number of aromatic nitrogens is 1. The lowest BCUT2D eigenvalue weighted by molar-refractivity contribution is -0.135. The van der Waals surface area contributed by atoms with E-state index in [9.17, 15) is 14.4 Å². The Morgan fingerprint density at radius 1 is 1.10 bits per heavy atom. The van der Waals surface area contributed by atoms with Crippen molar-refractivity contribution < 1.29 is 14.4 Å². The van der Waals surface area contributed by atoms with Crippen LogP contribution < -0.4 is 5.32 Å². The molecule has 4 aliphatic rings. The zero-order valence-corrected chi connectivity index (χ0v) is 23.9. The molecule has 2 spiro atoms. The normalized spacial score (nSPS) is 24.8. The molecule has 42 heavy (non-hydrogen) atoms. The summed E-state index contributed by atoms with van der Waals surface area (Å²) in [5.41, 5.74) is 4.32. The third-order valence-electron chi connectivity index (χ3n) is 9.27. The van der Waals surface area contributed by atoms with Crippen LogP contribution in [0.25, 0.3) is 10.9 Å². The van der Waals surface area contributed by atoms with Gasteiger partial charge in [-0.1, -0.05) is 36.9 Å². The van der Waals surface area contributed by atoms with Crippen molar-refractivity contribution in [3.63, 3.8) is 0 Å². The molecule has 3 aromatic rings. The van der Waals surface area contributed by atoms with Crippen LogP contribution in [0.2, 0.25) is 0 Å². The molecule has 0 bridgehead atoms. The van der Waals surface area contributed by atoms with Gasteiger partial charge in [-0.05, 0) is 98.0 Å². The monoisotopic (exact) mass is 559 g/mol. The first-order valence-electron chi connectivity index (χ1n) is 14.6. The number of imide groups is 1. The van der Waals surface area contributed by atoms with Gasteiger partial charge < -0.3 is 10.2 Å². The Hall–Kier alpha value is -4.59. The Morgan fingerprint density at radius 3 is 2.67 bits per heavy atom. The molecule has 0 saturated carbocycles. The van der Waals surface area contributed by atoms with Gasteiger partial charge >= 0.3 is 6.03 Å². The lowest BCUT2D eigenvalue weighted by Gasteiger charge is -2.40. The molecule has 1 fully saturated rings. The highest BCUT2D eigenvalue weighted by atomic mass is 16.2. The predicted molar refractivity (Wildman–Crippen MR) is 160 cm³/mol. The van der Waals surface area contributed by atoms with E-state index in [1.54, 1.807) is 17.2 Å². The minimum atomic E-state index is -1.01. The van der Waals surface area contributed by atoms with Gasteiger partial charge in [0.15, 0.2) is 0 Å². The van der Waals surface area contributed by atoms with Crippen molar-refractivity contribution in [3.05, 3.63) is 101 Å². The number of carbonyl (C=O) groups excluding carboxylic acids is 3. The molecule has 8 nitrogen and oxygen atoms in total. The van der Waals surface area contributed by atoms with Crippen molar-refractivity contribution in [2.24, 2.45) is 10.4 Å². The molecule has 3 heterocycles. The summed E-state index contributed by atoms with van der Waals surface area (Å²) < 4.78 is 0. The third-order valence-corrected chi connectivity index (χ3v) is 9.27. The molecule has 1 N–H and O–H groups in total. The highest BCUT2D eigenvalue weighted by Gasteiger charge is 2.59. The molecule has 2 aliphatic heterocycles. The number of rotatable bonds is 5. The number of aryl methyl sites for hydroxylation is 1. The molecule has 2 atom stereocenters. The van der Waals surface area contributed by atoms with Gasteiger partial charge in [0.2, 0.25) is 5.91 Å². The molecule has 8 heteroatoms. The Morgan fingerprint density at radius 2 is 1.88 bits per heavy atom. The molecule has 1 unspecified atom stereocenters. The summed E-state index contributed by atoms with van der Waals surface area (Å²) in [7, 11) is 0. The van der Waals surface area contributed by atoms with E-state index in [4.69, 9.17) is 4.98 Å². The summed E-state index contributed by atoms with van der Waals surface area (Å²) in [6.07, 6.45) is 10.4. The minimum Gasteiger partial charge on any atom is -0.310 e. The van der Waals surface area contributed by atoms with Crippen LogP contribution in [-0.2, 0) is 40.9 Å². The average molecular weight is 560 g/mol. The summed E-state index contributed by atoms with van der Waals surface area (Å²) >= 11 is 0. The molecule has 1 saturated heterocycles.